The van der Waals surface area contributed by atoms with Crippen molar-refractivity contribution in [3.63, 3.8) is 0 Å². The zero-order valence-corrected chi connectivity index (χ0v) is 25.1. The molecule has 1 saturated heterocycles. The van der Waals surface area contributed by atoms with E-state index in [1.807, 2.05) is 0 Å². The number of ether oxygens (including phenoxy) is 1. The highest BCUT2D eigenvalue weighted by Crippen LogP contribution is 2.31. The molecule has 2 atom stereocenters. The number of methoxy groups -OCH3 is 1. The number of nitrogen functional groups attached to an aromatic ring is 1. The van der Waals surface area contributed by atoms with Crippen LogP contribution in [0.1, 0.15) is 53.5 Å². The largest absolute Gasteiger partial charge is 0.496 e. The fourth-order valence-electron chi connectivity index (χ4n) is 5.09. The lowest BCUT2D eigenvalue weighted by Crippen LogP contribution is -2.56. The number of amides is 2. The molecular formula is C29H39N5O7S. The van der Waals surface area contributed by atoms with Gasteiger partial charge in [-0.1, -0.05) is 24.3 Å². The van der Waals surface area contributed by atoms with Gasteiger partial charge in [0, 0.05) is 25.1 Å². The summed E-state index contributed by atoms with van der Waals surface area (Å²) in [7, 11) is -2.88. The number of rotatable bonds is 12. The number of likely N-dealkylation sites (tertiary alicyclic amines) is 1. The van der Waals surface area contributed by atoms with Gasteiger partial charge in [-0.25, -0.2) is 8.42 Å². The van der Waals surface area contributed by atoms with E-state index in [1.165, 1.54) is 13.2 Å². The van der Waals surface area contributed by atoms with Crippen molar-refractivity contribution in [1.82, 2.24) is 14.9 Å². The summed E-state index contributed by atoms with van der Waals surface area (Å²) in [6.45, 7) is 6.04. The SMILES string of the molecule is COc1c(C)cc(S(=O)(=O)N[C@@H](CC(=O)O)C(=O)N[C@H](Cc2ccc(C(=N)N)cc2)C(=O)N2CCCCC2)c(C)c1C. The van der Waals surface area contributed by atoms with Crippen molar-refractivity contribution in [2.45, 2.75) is 69.9 Å². The molecule has 2 aromatic rings. The average Bonchev–Trinajstić information content (AvgIpc) is 2.94. The summed E-state index contributed by atoms with van der Waals surface area (Å²) in [4.78, 5) is 40.3. The maximum Gasteiger partial charge on any atom is 0.305 e. The van der Waals surface area contributed by atoms with Gasteiger partial charge in [-0.15, -0.1) is 0 Å². The number of amidine groups is 1. The van der Waals surface area contributed by atoms with Crippen molar-refractivity contribution in [2.24, 2.45) is 5.73 Å². The summed E-state index contributed by atoms with van der Waals surface area (Å²) < 4.78 is 34.6. The van der Waals surface area contributed by atoms with E-state index >= 15 is 0 Å². The zero-order chi connectivity index (χ0) is 31.2. The summed E-state index contributed by atoms with van der Waals surface area (Å²) in [6.07, 6.45) is 1.86. The topological polar surface area (TPSA) is 192 Å². The maximum absolute atomic E-state index is 13.5. The molecule has 228 valence electrons. The molecule has 0 bridgehead atoms. The number of hydrogen-bond acceptors (Lipinski definition) is 7. The molecule has 3 rings (SSSR count). The van der Waals surface area contributed by atoms with Gasteiger partial charge in [0.2, 0.25) is 21.8 Å². The number of carboxylic acid groups (broad SMARTS) is 1. The van der Waals surface area contributed by atoms with Gasteiger partial charge < -0.3 is 25.8 Å². The Hall–Kier alpha value is -3.97. The van der Waals surface area contributed by atoms with Gasteiger partial charge in [-0.05, 0) is 68.4 Å². The molecule has 1 fully saturated rings. The second-order valence-electron chi connectivity index (χ2n) is 10.5. The Morgan fingerprint density at radius 3 is 2.21 bits per heavy atom. The van der Waals surface area contributed by atoms with Gasteiger partial charge in [0.15, 0.2) is 0 Å². The molecule has 12 nitrogen and oxygen atoms in total. The van der Waals surface area contributed by atoms with Crippen molar-refractivity contribution < 1.29 is 32.6 Å². The molecule has 0 aliphatic carbocycles. The summed E-state index contributed by atoms with van der Waals surface area (Å²) in [5.74, 6) is -2.25. The fraction of sp³-hybridized carbons (Fsp3) is 0.448. The molecule has 0 unspecified atom stereocenters. The number of sulfonamides is 1. The summed E-state index contributed by atoms with van der Waals surface area (Å²) in [5.41, 5.74) is 8.26. The van der Waals surface area contributed by atoms with Crippen LogP contribution in [0.15, 0.2) is 35.2 Å². The quantitative estimate of drug-likeness (QED) is 0.179. The van der Waals surface area contributed by atoms with Crippen LogP contribution in [0.2, 0.25) is 0 Å². The van der Waals surface area contributed by atoms with Crippen molar-refractivity contribution in [2.75, 3.05) is 20.2 Å². The van der Waals surface area contributed by atoms with Crippen LogP contribution in [0.25, 0.3) is 0 Å². The molecule has 0 saturated carbocycles. The lowest BCUT2D eigenvalue weighted by Gasteiger charge is -2.31. The first-order chi connectivity index (χ1) is 19.7. The second kappa shape index (κ2) is 13.8. The highest BCUT2D eigenvalue weighted by atomic mass is 32.2. The van der Waals surface area contributed by atoms with E-state index in [0.717, 1.165) is 19.3 Å². The molecule has 1 heterocycles. The van der Waals surface area contributed by atoms with Crippen LogP contribution in [0.4, 0.5) is 0 Å². The zero-order valence-electron chi connectivity index (χ0n) is 24.3. The molecule has 0 radical (unpaired) electrons. The van der Waals surface area contributed by atoms with E-state index in [-0.39, 0.29) is 23.1 Å². The minimum Gasteiger partial charge on any atom is -0.496 e. The Bertz CT molecular complexity index is 1450. The van der Waals surface area contributed by atoms with Crippen molar-refractivity contribution in [3.05, 3.63) is 58.1 Å². The predicted molar refractivity (Wildman–Crippen MR) is 157 cm³/mol. The van der Waals surface area contributed by atoms with E-state index < -0.39 is 40.4 Å². The van der Waals surface area contributed by atoms with E-state index in [0.29, 0.717) is 46.7 Å². The Morgan fingerprint density at radius 1 is 1.05 bits per heavy atom. The number of aryl methyl sites for hydroxylation is 1. The monoisotopic (exact) mass is 601 g/mol. The van der Waals surface area contributed by atoms with Gasteiger partial charge in [0.05, 0.1) is 18.4 Å². The van der Waals surface area contributed by atoms with E-state index in [4.69, 9.17) is 15.9 Å². The third kappa shape index (κ3) is 7.85. The number of piperidine rings is 1. The van der Waals surface area contributed by atoms with E-state index in [2.05, 4.69) is 10.0 Å². The van der Waals surface area contributed by atoms with Crippen LogP contribution in [0.5, 0.6) is 5.75 Å². The van der Waals surface area contributed by atoms with Crippen molar-refractivity contribution >= 4 is 33.6 Å². The number of carbonyl (C=O) groups excluding carboxylic acids is 2. The first-order valence-corrected chi connectivity index (χ1v) is 15.1. The Balaban J connectivity index is 1.91. The second-order valence-corrected chi connectivity index (χ2v) is 12.2. The highest BCUT2D eigenvalue weighted by molar-refractivity contribution is 7.89. The number of carboxylic acids is 1. The highest BCUT2D eigenvalue weighted by Gasteiger charge is 2.34. The molecular weight excluding hydrogens is 562 g/mol. The summed E-state index contributed by atoms with van der Waals surface area (Å²) >= 11 is 0. The summed E-state index contributed by atoms with van der Waals surface area (Å²) in [6, 6.07) is 5.28. The molecule has 0 spiro atoms. The van der Waals surface area contributed by atoms with Gasteiger partial charge >= 0.3 is 5.97 Å². The minimum atomic E-state index is -4.36. The number of aliphatic carboxylic acids is 1. The molecule has 2 aromatic carbocycles. The van der Waals surface area contributed by atoms with Crippen LogP contribution in [0.3, 0.4) is 0 Å². The van der Waals surface area contributed by atoms with Gasteiger partial charge in [0.25, 0.3) is 0 Å². The van der Waals surface area contributed by atoms with E-state index in [1.54, 1.807) is 49.9 Å². The van der Waals surface area contributed by atoms with E-state index in [9.17, 15) is 27.9 Å². The number of hydrogen-bond donors (Lipinski definition) is 5. The molecule has 0 aromatic heterocycles. The van der Waals surface area contributed by atoms with Crippen molar-refractivity contribution in [1.29, 1.82) is 5.41 Å². The van der Waals surface area contributed by atoms with Crippen LogP contribution in [-0.2, 0) is 30.8 Å². The van der Waals surface area contributed by atoms with Gasteiger partial charge in [-0.2, -0.15) is 4.72 Å². The Labute approximate surface area is 246 Å². The number of benzene rings is 2. The van der Waals surface area contributed by atoms with Crippen LogP contribution >= 0.6 is 0 Å². The number of nitrogens with two attached hydrogens (primary N) is 1. The molecule has 2 amide bonds. The van der Waals surface area contributed by atoms with Crippen LogP contribution in [-0.4, -0.2) is 74.3 Å². The first-order valence-electron chi connectivity index (χ1n) is 13.7. The Kier molecular flexibility index (Phi) is 10.7. The molecule has 13 heteroatoms. The fourth-order valence-corrected chi connectivity index (χ4v) is 6.67. The first kappa shape index (κ1) is 32.5. The average molecular weight is 602 g/mol. The standard InChI is InChI=1S/C29H39N5O7S/c1-17-14-24(18(2)19(3)26(17)41-4)42(39,40)33-22(16-25(35)36)28(37)32-23(29(38)34-12-6-5-7-13-34)15-20-8-10-21(11-9-20)27(30)31/h8-11,14,22-23,33H,5-7,12-13,15-16H2,1-4H3,(H3,30,31)(H,32,37)(H,35,36)/t22-,23+/m0/s1. The third-order valence-corrected chi connectivity index (χ3v) is 9.05. The summed E-state index contributed by atoms with van der Waals surface area (Å²) in [5, 5.41) is 19.7. The normalized spacial score (nSPS) is 15.0. The predicted octanol–water partition coefficient (Wildman–Crippen LogP) is 1.77. The lowest BCUT2D eigenvalue weighted by atomic mass is 10.0. The molecule has 42 heavy (non-hydrogen) atoms. The van der Waals surface area contributed by atoms with Crippen LogP contribution < -0.4 is 20.5 Å². The maximum atomic E-state index is 13.5. The number of nitrogens with one attached hydrogen (secondary N) is 3. The number of nitrogens with zero attached hydrogens (tertiary/aromatic N) is 1. The number of carbonyl (C=O) groups is 3. The molecule has 1 aliphatic rings. The smallest absolute Gasteiger partial charge is 0.305 e. The Morgan fingerprint density at radius 2 is 1.67 bits per heavy atom. The van der Waals surface area contributed by atoms with Gasteiger partial charge in [0.1, 0.15) is 23.7 Å². The molecule has 1 aliphatic heterocycles. The lowest BCUT2D eigenvalue weighted by molar-refractivity contribution is -0.140. The van der Waals surface area contributed by atoms with Crippen LogP contribution in [0, 0.1) is 26.2 Å². The molecule has 6 N–H and O–H groups in total. The van der Waals surface area contributed by atoms with Gasteiger partial charge in [-0.3, -0.25) is 19.8 Å². The third-order valence-electron chi connectivity index (χ3n) is 7.45. The van der Waals surface area contributed by atoms with Crippen molar-refractivity contribution in [3.8, 4) is 5.75 Å². The minimum absolute atomic E-state index is 0.0712.